The van der Waals surface area contributed by atoms with Gasteiger partial charge < -0.3 is 5.11 Å². The molecule has 1 heterocycles. The highest BCUT2D eigenvalue weighted by Gasteiger charge is 1.88. The summed E-state index contributed by atoms with van der Waals surface area (Å²) in [4.78, 5) is 7.81. The first kappa shape index (κ1) is 10.0. The van der Waals surface area contributed by atoms with Crippen LogP contribution in [0.2, 0.25) is 0 Å². The SMILES string of the molecule is CC.Cc1cnc(CO)cn1. The zero-order valence-electron chi connectivity index (χ0n) is 7.20. The molecular weight excluding hydrogens is 140 g/mol. The Morgan fingerprint density at radius 1 is 1.27 bits per heavy atom. The highest BCUT2D eigenvalue weighted by atomic mass is 16.3. The Morgan fingerprint density at radius 3 is 2.27 bits per heavy atom. The summed E-state index contributed by atoms with van der Waals surface area (Å²) in [6, 6.07) is 0. The lowest BCUT2D eigenvalue weighted by atomic mass is 10.4. The van der Waals surface area contributed by atoms with Crippen molar-refractivity contribution < 1.29 is 5.11 Å². The van der Waals surface area contributed by atoms with Crippen LogP contribution in [0.4, 0.5) is 0 Å². The topological polar surface area (TPSA) is 46.0 Å². The summed E-state index contributed by atoms with van der Waals surface area (Å²) >= 11 is 0. The molecule has 0 amide bonds. The van der Waals surface area contributed by atoms with Crippen LogP contribution in [-0.2, 0) is 6.61 Å². The van der Waals surface area contributed by atoms with Crippen LogP contribution in [-0.4, -0.2) is 15.1 Å². The van der Waals surface area contributed by atoms with E-state index in [0.717, 1.165) is 5.69 Å². The molecule has 0 aliphatic carbocycles. The van der Waals surface area contributed by atoms with Crippen LogP contribution in [0.25, 0.3) is 0 Å². The monoisotopic (exact) mass is 154 g/mol. The van der Waals surface area contributed by atoms with Crippen molar-refractivity contribution in [3.8, 4) is 0 Å². The van der Waals surface area contributed by atoms with E-state index >= 15 is 0 Å². The lowest BCUT2D eigenvalue weighted by Crippen LogP contribution is -1.90. The van der Waals surface area contributed by atoms with Gasteiger partial charge in [0.05, 0.1) is 24.2 Å². The number of aliphatic hydroxyl groups excluding tert-OH is 1. The van der Waals surface area contributed by atoms with Crippen LogP contribution in [0.1, 0.15) is 25.2 Å². The molecule has 0 unspecified atom stereocenters. The van der Waals surface area contributed by atoms with Crippen molar-refractivity contribution in [2.45, 2.75) is 27.4 Å². The largest absolute Gasteiger partial charge is 0.390 e. The molecule has 3 nitrogen and oxygen atoms in total. The molecule has 0 radical (unpaired) electrons. The number of rotatable bonds is 1. The van der Waals surface area contributed by atoms with Crippen LogP contribution in [0, 0.1) is 6.92 Å². The molecule has 62 valence electrons. The van der Waals surface area contributed by atoms with Gasteiger partial charge in [0.25, 0.3) is 0 Å². The van der Waals surface area contributed by atoms with Gasteiger partial charge in [-0.25, -0.2) is 0 Å². The Labute approximate surface area is 67.1 Å². The number of aryl methyl sites for hydroxylation is 1. The normalized spacial score (nSPS) is 8.36. The third-order valence-electron chi connectivity index (χ3n) is 0.996. The zero-order chi connectivity index (χ0) is 8.69. The van der Waals surface area contributed by atoms with E-state index in [1.165, 1.54) is 0 Å². The van der Waals surface area contributed by atoms with Gasteiger partial charge in [-0.3, -0.25) is 9.97 Å². The summed E-state index contributed by atoms with van der Waals surface area (Å²) in [6.45, 7) is 5.82. The summed E-state index contributed by atoms with van der Waals surface area (Å²) in [7, 11) is 0. The van der Waals surface area contributed by atoms with Crippen LogP contribution >= 0.6 is 0 Å². The zero-order valence-corrected chi connectivity index (χ0v) is 7.20. The van der Waals surface area contributed by atoms with Crippen LogP contribution in [0.3, 0.4) is 0 Å². The Kier molecular flexibility index (Phi) is 5.29. The fourth-order valence-corrected chi connectivity index (χ4v) is 0.501. The molecule has 0 saturated heterocycles. The maximum absolute atomic E-state index is 8.53. The molecule has 1 aromatic rings. The minimum atomic E-state index is -0.0344. The third-order valence-corrected chi connectivity index (χ3v) is 0.996. The van der Waals surface area contributed by atoms with Gasteiger partial charge >= 0.3 is 0 Å². The van der Waals surface area contributed by atoms with E-state index in [9.17, 15) is 0 Å². The van der Waals surface area contributed by atoms with Crippen LogP contribution < -0.4 is 0 Å². The van der Waals surface area contributed by atoms with Gasteiger partial charge in [-0.1, -0.05) is 13.8 Å². The van der Waals surface area contributed by atoms with Crippen molar-refractivity contribution in [2.75, 3.05) is 0 Å². The van der Waals surface area contributed by atoms with E-state index in [2.05, 4.69) is 9.97 Å². The molecule has 0 atom stereocenters. The van der Waals surface area contributed by atoms with Gasteiger partial charge in [0.2, 0.25) is 0 Å². The molecule has 0 bridgehead atoms. The summed E-state index contributed by atoms with van der Waals surface area (Å²) in [5.74, 6) is 0. The number of hydrogen-bond donors (Lipinski definition) is 1. The van der Waals surface area contributed by atoms with Crippen molar-refractivity contribution in [3.05, 3.63) is 23.8 Å². The molecule has 0 aromatic carbocycles. The number of hydrogen-bond acceptors (Lipinski definition) is 3. The quantitative estimate of drug-likeness (QED) is 0.663. The minimum absolute atomic E-state index is 0.0344. The second-order valence-electron chi connectivity index (χ2n) is 1.81. The van der Waals surface area contributed by atoms with Crippen molar-refractivity contribution in [2.24, 2.45) is 0 Å². The number of aromatic nitrogens is 2. The van der Waals surface area contributed by atoms with Crippen molar-refractivity contribution in [1.82, 2.24) is 9.97 Å². The lowest BCUT2D eigenvalue weighted by Gasteiger charge is -1.92. The Morgan fingerprint density at radius 2 is 1.91 bits per heavy atom. The van der Waals surface area contributed by atoms with E-state index in [-0.39, 0.29) is 6.61 Å². The second kappa shape index (κ2) is 5.80. The molecule has 0 aliphatic heterocycles. The molecule has 1 aromatic heterocycles. The van der Waals surface area contributed by atoms with Crippen LogP contribution in [0.5, 0.6) is 0 Å². The highest BCUT2D eigenvalue weighted by Crippen LogP contribution is 1.91. The van der Waals surface area contributed by atoms with E-state index in [4.69, 9.17) is 5.11 Å². The minimum Gasteiger partial charge on any atom is -0.390 e. The predicted molar refractivity (Wildman–Crippen MR) is 44.0 cm³/mol. The summed E-state index contributed by atoms with van der Waals surface area (Å²) in [5, 5.41) is 8.53. The lowest BCUT2D eigenvalue weighted by molar-refractivity contribution is 0.276. The highest BCUT2D eigenvalue weighted by molar-refractivity contribution is 4.98. The molecule has 0 spiro atoms. The molecular formula is C8H14N2O. The van der Waals surface area contributed by atoms with E-state index in [1.807, 2.05) is 20.8 Å². The van der Waals surface area contributed by atoms with Gasteiger partial charge in [-0.05, 0) is 6.92 Å². The molecule has 0 aliphatic rings. The van der Waals surface area contributed by atoms with Crippen molar-refractivity contribution in [1.29, 1.82) is 0 Å². The van der Waals surface area contributed by atoms with Gasteiger partial charge in [0.15, 0.2) is 0 Å². The first-order valence-electron chi connectivity index (χ1n) is 3.71. The molecule has 11 heavy (non-hydrogen) atoms. The number of aliphatic hydroxyl groups is 1. The Hall–Kier alpha value is -0.960. The second-order valence-corrected chi connectivity index (χ2v) is 1.81. The first-order valence-corrected chi connectivity index (χ1v) is 3.71. The average Bonchev–Trinajstić information content (AvgIpc) is 2.10. The number of nitrogens with zero attached hydrogens (tertiary/aromatic N) is 2. The van der Waals surface area contributed by atoms with Gasteiger partial charge in [-0.15, -0.1) is 0 Å². The molecule has 1 N–H and O–H groups in total. The molecule has 1 rings (SSSR count). The Balaban J connectivity index is 0.000000461. The first-order chi connectivity index (χ1) is 5.33. The predicted octanol–water partition coefficient (Wildman–Crippen LogP) is 1.30. The Bertz CT molecular complexity index is 184. The van der Waals surface area contributed by atoms with E-state index in [1.54, 1.807) is 12.4 Å². The fourth-order valence-electron chi connectivity index (χ4n) is 0.501. The molecule has 0 fully saturated rings. The van der Waals surface area contributed by atoms with Crippen LogP contribution in [0.15, 0.2) is 12.4 Å². The standard InChI is InChI=1S/C6H8N2O.C2H6/c1-5-2-8-6(4-9)3-7-5;1-2/h2-3,9H,4H2,1H3;1-2H3. The summed E-state index contributed by atoms with van der Waals surface area (Å²) in [6.07, 6.45) is 3.20. The molecule has 3 heteroatoms. The van der Waals surface area contributed by atoms with Gasteiger partial charge in [0.1, 0.15) is 0 Å². The smallest absolute Gasteiger partial charge is 0.0868 e. The van der Waals surface area contributed by atoms with E-state index in [0.29, 0.717) is 5.69 Å². The van der Waals surface area contributed by atoms with Crippen molar-refractivity contribution >= 4 is 0 Å². The summed E-state index contributed by atoms with van der Waals surface area (Å²) < 4.78 is 0. The van der Waals surface area contributed by atoms with Crippen molar-refractivity contribution in [3.63, 3.8) is 0 Å². The molecule has 0 saturated carbocycles. The average molecular weight is 154 g/mol. The van der Waals surface area contributed by atoms with Gasteiger partial charge in [0, 0.05) is 6.20 Å². The maximum atomic E-state index is 8.53. The van der Waals surface area contributed by atoms with E-state index < -0.39 is 0 Å². The fraction of sp³-hybridized carbons (Fsp3) is 0.500. The van der Waals surface area contributed by atoms with Gasteiger partial charge in [-0.2, -0.15) is 0 Å². The third kappa shape index (κ3) is 3.68. The maximum Gasteiger partial charge on any atom is 0.0868 e. The summed E-state index contributed by atoms with van der Waals surface area (Å²) in [5.41, 5.74) is 1.48.